The molecule has 0 aliphatic heterocycles. The van der Waals surface area contributed by atoms with Crippen molar-refractivity contribution in [2.45, 2.75) is 31.7 Å². The molecule has 0 saturated heterocycles. The van der Waals surface area contributed by atoms with E-state index in [0.717, 1.165) is 16.9 Å². The van der Waals surface area contributed by atoms with E-state index in [0.29, 0.717) is 26.1 Å². The van der Waals surface area contributed by atoms with Gasteiger partial charge in [0, 0.05) is 0 Å². The lowest BCUT2D eigenvalue weighted by atomic mass is 10.1. The largest absolute Gasteiger partial charge is 0.497 e. The SMILES string of the molecule is C=C[C@H](O)[C@H](O)CCC(=C)COCc1ccc(OC)cc1. The minimum absolute atomic E-state index is 0.433. The molecule has 0 amide bonds. The summed E-state index contributed by atoms with van der Waals surface area (Å²) in [4.78, 5) is 0. The van der Waals surface area contributed by atoms with Gasteiger partial charge in [-0.15, -0.1) is 6.58 Å². The molecule has 1 aromatic carbocycles. The molecular weight excluding hydrogens is 268 g/mol. The van der Waals surface area contributed by atoms with Crippen LogP contribution in [-0.4, -0.2) is 36.1 Å². The predicted octanol–water partition coefficient (Wildman–Crippen LogP) is 2.46. The smallest absolute Gasteiger partial charge is 0.118 e. The molecule has 1 aromatic rings. The number of hydrogen-bond acceptors (Lipinski definition) is 4. The van der Waals surface area contributed by atoms with Gasteiger partial charge in [-0.2, -0.15) is 0 Å². The van der Waals surface area contributed by atoms with Gasteiger partial charge in [-0.25, -0.2) is 0 Å². The molecule has 0 aliphatic rings. The summed E-state index contributed by atoms with van der Waals surface area (Å²) < 4.78 is 10.7. The van der Waals surface area contributed by atoms with Gasteiger partial charge in [0.25, 0.3) is 0 Å². The predicted molar refractivity (Wildman–Crippen MR) is 83.2 cm³/mol. The van der Waals surface area contributed by atoms with Gasteiger partial charge in [0.1, 0.15) is 5.75 Å². The van der Waals surface area contributed by atoms with Gasteiger partial charge < -0.3 is 19.7 Å². The minimum atomic E-state index is -0.891. The summed E-state index contributed by atoms with van der Waals surface area (Å²) >= 11 is 0. The van der Waals surface area contributed by atoms with E-state index >= 15 is 0 Å². The highest BCUT2D eigenvalue weighted by Gasteiger charge is 2.12. The Balaban J connectivity index is 2.22. The maximum absolute atomic E-state index is 9.60. The maximum atomic E-state index is 9.60. The van der Waals surface area contributed by atoms with Crippen molar-refractivity contribution in [3.63, 3.8) is 0 Å². The number of methoxy groups -OCH3 is 1. The number of aliphatic hydroxyl groups is 2. The summed E-state index contributed by atoms with van der Waals surface area (Å²) in [6.45, 7) is 8.28. The van der Waals surface area contributed by atoms with Crippen molar-refractivity contribution in [1.82, 2.24) is 0 Å². The van der Waals surface area contributed by atoms with Gasteiger partial charge in [0.15, 0.2) is 0 Å². The second-order valence-electron chi connectivity index (χ2n) is 4.92. The van der Waals surface area contributed by atoms with Crippen molar-refractivity contribution in [3.8, 4) is 5.75 Å². The Hall–Kier alpha value is -1.62. The Morgan fingerprint density at radius 2 is 1.95 bits per heavy atom. The number of benzene rings is 1. The van der Waals surface area contributed by atoms with Crippen LogP contribution in [0.2, 0.25) is 0 Å². The zero-order valence-electron chi connectivity index (χ0n) is 12.5. The van der Waals surface area contributed by atoms with E-state index in [1.807, 2.05) is 24.3 Å². The summed E-state index contributed by atoms with van der Waals surface area (Å²) in [5.41, 5.74) is 1.95. The monoisotopic (exact) mass is 292 g/mol. The van der Waals surface area contributed by atoms with Crippen LogP contribution in [0.25, 0.3) is 0 Å². The average Bonchev–Trinajstić information content (AvgIpc) is 2.52. The molecule has 0 unspecified atom stereocenters. The second-order valence-corrected chi connectivity index (χ2v) is 4.92. The zero-order chi connectivity index (χ0) is 15.7. The van der Waals surface area contributed by atoms with Gasteiger partial charge in [0.2, 0.25) is 0 Å². The van der Waals surface area contributed by atoms with E-state index in [2.05, 4.69) is 13.2 Å². The van der Waals surface area contributed by atoms with Crippen LogP contribution < -0.4 is 4.74 Å². The van der Waals surface area contributed by atoms with Crippen LogP contribution in [0.4, 0.5) is 0 Å². The van der Waals surface area contributed by atoms with Gasteiger partial charge in [-0.3, -0.25) is 0 Å². The third kappa shape index (κ3) is 6.58. The highest BCUT2D eigenvalue weighted by atomic mass is 16.5. The Morgan fingerprint density at radius 3 is 2.52 bits per heavy atom. The third-order valence-corrected chi connectivity index (χ3v) is 3.16. The van der Waals surface area contributed by atoms with Crippen molar-refractivity contribution in [2.75, 3.05) is 13.7 Å². The molecule has 0 fully saturated rings. The fourth-order valence-corrected chi connectivity index (χ4v) is 1.79. The highest BCUT2D eigenvalue weighted by Crippen LogP contribution is 2.13. The summed E-state index contributed by atoms with van der Waals surface area (Å²) in [6, 6.07) is 7.68. The van der Waals surface area contributed by atoms with Crippen LogP contribution in [-0.2, 0) is 11.3 Å². The normalized spacial score (nSPS) is 13.5. The lowest BCUT2D eigenvalue weighted by Gasteiger charge is -2.15. The lowest BCUT2D eigenvalue weighted by Crippen LogP contribution is -2.23. The van der Waals surface area contributed by atoms with Crippen molar-refractivity contribution in [2.24, 2.45) is 0 Å². The van der Waals surface area contributed by atoms with E-state index < -0.39 is 12.2 Å². The number of rotatable bonds is 10. The summed E-state index contributed by atoms with van der Waals surface area (Å²) in [5, 5.41) is 19.0. The maximum Gasteiger partial charge on any atom is 0.118 e. The average molecular weight is 292 g/mol. The van der Waals surface area contributed by atoms with Gasteiger partial charge in [-0.1, -0.05) is 30.4 Å². The molecule has 0 heterocycles. The number of aliphatic hydroxyl groups excluding tert-OH is 2. The van der Waals surface area contributed by atoms with Crippen molar-refractivity contribution >= 4 is 0 Å². The Kier molecular flexibility index (Phi) is 7.75. The number of ether oxygens (including phenoxy) is 2. The Labute approximate surface area is 126 Å². The van der Waals surface area contributed by atoms with Gasteiger partial charge >= 0.3 is 0 Å². The molecule has 0 bridgehead atoms. The third-order valence-electron chi connectivity index (χ3n) is 3.16. The standard InChI is InChI=1S/C17H24O4/c1-4-16(18)17(19)10-5-13(2)11-21-12-14-6-8-15(20-3)9-7-14/h4,6-9,16-19H,1-2,5,10-12H2,3H3/t16-,17+/m0/s1. The molecule has 2 atom stereocenters. The van der Waals surface area contributed by atoms with Crippen molar-refractivity contribution in [3.05, 3.63) is 54.6 Å². The molecular formula is C17H24O4. The Morgan fingerprint density at radius 1 is 1.29 bits per heavy atom. The van der Waals surface area contributed by atoms with E-state index in [4.69, 9.17) is 9.47 Å². The van der Waals surface area contributed by atoms with E-state index in [1.165, 1.54) is 6.08 Å². The first-order chi connectivity index (χ1) is 10.1. The molecule has 116 valence electrons. The van der Waals surface area contributed by atoms with Crippen LogP contribution in [0.3, 0.4) is 0 Å². The van der Waals surface area contributed by atoms with Crippen molar-refractivity contribution < 1.29 is 19.7 Å². The van der Waals surface area contributed by atoms with Crippen LogP contribution in [0.1, 0.15) is 18.4 Å². The first kappa shape index (κ1) is 17.4. The second kappa shape index (κ2) is 9.34. The summed E-state index contributed by atoms with van der Waals surface area (Å²) in [7, 11) is 1.63. The summed E-state index contributed by atoms with van der Waals surface area (Å²) in [5.74, 6) is 0.818. The van der Waals surface area contributed by atoms with E-state index in [-0.39, 0.29) is 0 Å². The van der Waals surface area contributed by atoms with Crippen LogP contribution >= 0.6 is 0 Å². The van der Waals surface area contributed by atoms with Gasteiger partial charge in [0.05, 0.1) is 32.5 Å². The molecule has 0 spiro atoms. The molecule has 0 saturated carbocycles. The molecule has 4 heteroatoms. The Bertz CT molecular complexity index is 439. The van der Waals surface area contributed by atoms with Crippen LogP contribution in [0.5, 0.6) is 5.75 Å². The molecule has 0 aliphatic carbocycles. The van der Waals surface area contributed by atoms with E-state index in [1.54, 1.807) is 7.11 Å². The first-order valence-corrected chi connectivity index (χ1v) is 6.92. The fourth-order valence-electron chi connectivity index (χ4n) is 1.79. The molecule has 1 rings (SSSR count). The topological polar surface area (TPSA) is 58.9 Å². The lowest BCUT2D eigenvalue weighted by molar-refractivity contribution is 0.0426. The summed E-state index contributed by atoms with van der Waals surface area (Å²) in [6.07, 6.45) is 0.680. The quantitative estimate of drug-likeness (QED) is 0.650. The van der Waals surface area contributed by atoms with Crippen molar-refractivity contribution in [1.29, 1.82) is 0 Å². The molecule has 0 radical (unpaired) electrons. The zero-order valence-corrected chi connectivity index (χ0v) is 12.5. The molecule has 0 aromatic heterocycles. The van der Waals surface area contributed by atoms with Crippen LogP contribution in [0.15, 0.2) is 49.1 Å². The van der Waals surface area contributed by atoms with E-state index in [9.17, 15) is 10.2 Å². The van der Waals surface area contributed by atoms with Crippen LogP contribution in [0, 0.1) is 0 Å². The molecule has 4 nitrogen and oxygen atoms in total. The molecule has 21 heavy (non-hydrogen) atoms. The number of hydrogen-bond donors (Lipinski definition) is 2. The van der Waals surface area contributed by atoms with Gasteiger partial charge in [-0.05, 0) is 30.5 Å². The molecule has 2 N–H and O–H groups in total. The first-order valence-electron chi connectivity index (χ1n) is 6.92. The highest BCUT2D eigenvalue weighted by molar-refractivity contribution is 5.26. The minimum Gasteiger partial charge on any atom is -0.497 e. The fraction of sp³-hybridized carbons (Fsp3) is 0.412.